The average molecular weight is 630 g/mol. The van der Waals surface area contributed by atoms with Crippen molar-refractivity contribution in [2.24, 2.45) is 16.7 Å². The summed E-state index contributed by atoms with van der Waals surface area (Å²) in [6.45, 7) is 4.98. The molecule has 0 fully saturated rings. The van der Waals surface area contributed by atoms with Crippen LogP contribution in [0.3, 0.4) is 0 Å². The Morgan fingerprint density at radius 3 is 2.28 bits per heavy atom. The predicted molar refractivity (Wildman–Crippen MR) is 169 cm³/mol. The standard InChI is InChI=1S/C32H35N7O7/c1-4-7-26-35-28(32(2,3)43)27(31(41)42)37(26)18-20-10-14-22(15-11-20)24-8-5-6-9-25(24)29(33)36-38(34)30(40)23-16-12-21(13-17-23)19-46-39(44)45/h5-6,8-17,43H,4,7,18-19,34H2,1-3H3,(H2,33,36)(H,41,42). The fourth-order valence-electron chi connectivity index (χ4n) is 4.88. The maximum atomic E-state index is 12.9. The number of carboxylic acid groups (broad SMARTS) is 1. The largest absolute Gasteiger partial charge is 0.477 e. The summed E-state index contributed by atoms with van der Waals surface area (Å²) in [5.41, 5.74) is 8.48. The minimum atomic E-state index is -1.43. The molecule has 1 amide bonds. The van der Waals surface area contributed by atoms with Crippen LogP contribution in [0.2, 0.25) is 0 Å². The number of hydrazine groups is 1. The van der Waals surface area contributed by atoms with E-state index in [2.05, 4.69) is 14.9 Å². The van der Waals surface area contributed by atoms with Crippen molar-refractivity contribution in [3.63, 3.8) is 0 Å². The first kappa shape index (κ1) is 33.3. The van der Waals surface area contributed by atoms with Crippen molar-refractivity contribution in [1.82, 2.24) is 14.7 Å². The fraction of sp³-hybridized carbons (Fsp3) is 0.250. The summed E-state index contributed by atoms with van der Waals surface area (Å²) >= 11 is 0. The molecule has 1 heterocycles. The predicted octanol–water partition coefficient (Wildman–Crippen LogP) is 3.82. The number of imidazole rings is 1. The Labute approximate surface area is 264 Å². The second kappa shape index (κ2) is 14.0. The molecule has 240 valence electrons. The molecule has 3 aromatic carbocycles. The third-order valence-electron chi connectivity index (χ3n) is 7.07. The van der Waals surface area contributed by atoms with E-state index >= 15 is 0 Å². The molecule has 1 aromatic heterocycles. The lowest BCUT2D eigenvalue weighted by molar-refractivity contribution is -0.763. The number of aromatic carboxylic acids is 1. The zero-order valence-corrected chi connectivity index (χ0v) is 25.6. The fourth-order valence-corrected chi connectivity index (χ4v) is 4.88. The number of amidine groups is 1. The lowest BCUT2D eigenvalue weighted by atomic mass is 9.98. The summed E-state index contributed by atoms with van der Waals surface area (Å²) < 4.78 is 1.63. The first-order valence-electron chi connectivity index (χ1n) is 14.3. The number of aromatic nitrogens is 2. The maximum absolute atomic E-state index is 12.9. The number of nitrogens with zero attached hydrogens (tertiary/aromatic N) is 5. The molecular formula is C32H35N7O7. The van der Waals surface area contributed by atoms with E-state index < -0.39 is 22.6 Å². The number of hydrogen-bond acceptors (Lipinski definition) is 9. The van der Waals surface area contributed by atoms with Gasteiger partial charge in [0.05, 0.1) is 0 Å². The zero-order valence-electron chi connectivity index (χ0n) is 25.6. The number of hydrogen-bond donors (Lipinski definition) is 4. The van der Waals surface area contributed by atoms with E-state index in [4.69, 9.17) is 11.6 Å². The van der Waals surface area contributed by atoms with Gasteiger partial charge in [0.25, 0.3) is 11.0 Å². The van der Waals surface area contributed by atoms with Crippen LogP contribution in [0, 0.1) is 10.1 Å². The molecule has 0 saturated carbocycles. The second-order valence-electron chi connectivity index (χ2n) is 11.0. The zero-order chi connectivity index (χ0) is 33.6. The van der Waals surface area contributed by atoms with Gasteiger partial charge in [-0.05, 0) is 54.7 Å². The molecule has 0 aliphatic carbocycles. The van der Waals surface area contributed by atoms with Crippen molar-refractivity contribution in [3.05, 3.63) is 122 Å². The van der Waals surface area contributed by atoms with Gasteiger partial charge < -0.3 is 25.4 Å². The van der Waals surface area contributed by atoms with Crippen molar-refractivity contribution >= 4 is 17.7 Å². The Morgan fingerprint density at radius 1 is 1.07 bits per heavy atom. The highest BCUT2D eigenvalue weighted by Gasteiger charge is 2.31. The van der Waals surface area contributed by atoms with Crippen LogP contribution < -0.4 is 11.6 Å². The van der Waals surface area contributed by atoms with Crippen LogP contribution in [0.15, 0.2) is 77.9 Å². The van der Waals surface area contributed by atoms with Crippen LogP contribution in [0.5, 0.6) is 0 Å². The van der Waals surface area contributed by atoms with E-state index in [0.29, 0.717) is 28.5 Å². The quantitative estimate of drug-likeness (QED) is 0.0419. The summed E-state index contributed by atoms with van der Waals surface area (Å²) in [5.74, 6) is 4.69. The number of carboxylic acids is 1. The van der Waals surface area contributed by atoms with Gasteiger partial charge in [0.1, 0.15) is 23.7 Å². The molecule has 0 spiro atoms. The number of aliphatic hydroxyl groups is 1. The summed E-state index contributed by atoms with van der Waals surface area (Å²) in [6.07, 6.45) is 1.30. The molecule has 4 rings (SSSR count). The van der Waals surface area contributed by atoms with Gasteiger partial charge in [-0.2, -0.15) is 5.12 Å². The molecule has 0 bridgehead atoms. The van der Waals surface area contributed by atoms with Gasteiger partial charge in [0, 0.05) is 24.1 Å². The number of nitrogens with two attached hydrogens (primary N) is 2. The van der Waals surface area contributed by atoms with Crippen LogP contribution in [-0.4, -0.2) is 47.7 Å². The Hall–Kier alpha value is -5.60. The normalized spacial score (nSPS) is 11.7. The van der Waals surface area contributed by atoms with Gasteiger partial charge >= 0.3 is 5.97 Å². The van der Waals surface area contributed by atoms with Gasteiger partial charge in [-0.25, -0.2) is 15.6 Å². The van der Waals surface area contributed by atoms with Crippen LogP contribution in [-0.2, 0) is 30.0 Å². The molecule has 14 heteroatoms. The van der Waals surface area contributed by atoms with Crippen molar-refractivity contribution < 1.29 is 29.7 Å². The average Bonchev–Trinajstić information content (AvgIpc) is 3.39. The summed E-state index contributed by atoms with van der Waals surface area (Å²) in [6, 6.07) is 20.5. The molecule has 4 aromatic rings. The highest BCUT2D eigenvalue weighted by Crippen LogP contribution is 2.28. The van der Waals surface area contributed by atoms with E-state index in [1.165, 1.54) is 38.1 Å². The van der Waals surface area contributed by atoms with Crippen LogP contribution in [0.1, 0.15) is 76.2 Å². The van der Waals surface area contributed by atoms with Crippen molar-refractivity contribution in [3.8, 4) is 11.1 Å². The third-order valence-corrected chi connectivity index (χ3v) is 7.07. The van der Waals surface area contributed by atoms with Gasteiger partial charge in [-0.1, -0.05) is 67.6 Å². The van der Waals surface area contributed by atoms with Crippen LogP contribution in [0.4, 0.5) is 0 Å². The minimum Gasteiger partial charge on any atom is -0.477 e. The molecule has 0 aliphatic heterocycles. The first-order valence-corrected chi connectivity index (χ1v) is 14.3. The van der Waals surface area contributed by atoms with Gasteiger partial charge in [-0.3, -0.25) is 4.79 Å². The molecular weight excluding hydrogens is 594 g/mol. The summed E-state index contributed by atoms with van der Waals surface area (Å²) in [5, 5.41) is 34.8. The molecule has 6 N–H and O–H groups in total. The van der Waals surface area contributed by atoms with Crippen LogP contribution in [0.25, 0.3) is 11.1 Å². The number of hydrazone groups is 1. The number of amides is 1. The Kier molecular flexibility index (Phi) is 10.1. The van der Waals surface area contributed by atoms with E-state index in [1.54, 1.807) is 16.7 Å². The first-order chi connectivity index (χ1) is 21.8. The highest BCUT2D eigenvalue weighted by molar-refractivity contribution is 6.04. The van der Waals surface area contributed by atoms with Gasteiger partial charge in [-0.15, -0.1) is 15.2 Å². The third kappa shape index (κ3) is 7.72. The second-order valence-corrected chi connectivity index (χ2v) is 11.0. The minimum absolute atomic E-state index is 0.0144. The SMILES string of the molecule is CCCc1nc(C(C)(C)O)c(C(=O)O)n1Cc1ccc(-c2ccccc2/C(N)=N/N(N)C(=O)c2ccc(CO[N+](=O)[O-])cc2)cc1. The Bertz CT molecular complexity index is 1760. The summed E-state index contributed by atoms with van der Waals surface area (Å²) in [4.78, 5) is 44.3. The van der Waals surface area contributed by atoms with Crippen LogP contribution >= 0.6 is 0 Å². The lowest BCUT2D eigenvalue weighted by Crippen LogP contribution is -2.35. The molecule has 0 unspecified atom stereocenters. The van der Waals surface area contributed by atoms with E-state index in [1.807, 2.05) is 43.3 Å². The van der Waals surface area contributed by atoms with E-state index in [9.17, 15) is 29.9 Å². The number of benzene rings is 3. The molecule has 0 saturated heterocycles. The Balaban J connectivity index is 1.57. The number of aryl methyl sites for hydroxylation is 1. The van der Waals surface area contributed by atoms with Gasteiger partial charge in [0.2, 0.25) is 0 Å². The number of carbonyl (C=O) groups is 2. The van der Waals surface area contributed by atoms with Crippen molar-refractivity contribution in [2.75, 3.05) is 0 Å². The molecule has 0 radical (unpaired) electrons. The molecule has 46 heavy (non-hydrogen) atoms. The number of carbonyl (C=O) groups excluding carboxylic acids is 1. The van der Waals surface area contributed by atoms with E-state index in [0.717, 1.165) is 23.1 Å². The lowest BCUT2D eigenvalue weighted by Gasteiger charge is -2.16. The molecule has 0 aliphatic rings. The maximum Gasteiger partial charge on any atom is 0.354 e. The smallest absolute Gasteiger partial charge is 0.354 e. The molecule has 0 atom stereocenters. The van der Waals surface area contributed by atoms with Crippen molar-refractivity contribution in [2.45, 2.75) is 52.4 Å². The Morgan fingerprint density at radius 2 is 1.70 bits per heavy atom. The highest BCUT2D eigenvalue weighted by atomic mass is 16.9. The number of rotatable bonds is 13. The van der Waals surface area contributed by atoms with E-state index in [-0.39, 0.29) is 35.9 Å². The topological polar surface area (TPSA) is 212 Å². The molecule has 14 nitrogen and oxygen atoms in total. The van der Waals surface area contributed by atoms with Gasteiger partial charge in [0.15, 0.2) is 11.5 Å². The summed E-state index contributed by atoms with van der Waals surface area (Å²) in [7, 11) is 0. The monoisotopic (exact) mass is 629 g/mol. The van der Waals surface area contributed by atoms with Crippen molar-refractivity contribution in [1.29, 1.82) is 0 Å².